The van der Waals surface area contributed by atoms with Gasteiger partial charge in [-0.2, -0.15) is 0 Å². The summed E-state index contributed by atoms with van der Waals surface area (Å²) in [5.41, 5.74) is 1.57. The second-order valence-electron chi connectivity index (χ2n) is 5.96. The quantitative estimate of drug-likeness (QED) is 0.793. The molecule has 1 aromatic heterocycles. The van der Waals surface area contributed by atoms with Gasteiger partial charge in [-0.25, -0.2) is 9.97 Å². The number of aromatic nitrogens is 2. The molecule has 1 aromatic carbocycles. The molecule has 2 N–H and O–H groups in total. The van der Waals surface area contributed by atoms with Crippen LogP contribution in [0.5, 0.6) is 0 Å². The van der Waals surface area contributed by atoms with Gasteiger partial charge in [0.05, 0.1) is 6.10 Å². The summed E-state index contributed by atoms with van der Waals surface area (Å²) >= 11 is 0. The first-order valence-electron chi connectivity index (χ1n) is 8.19. The molecule has 0 saturated carbocycles. The lowest BCUT2D eigenvalue weighted by Crippen LogP contribution is -2.19. The zero-order chi connectivity index (χ0) is 16.9. The number of hydrogen-bond acceptors (Lipinski definition) is 6. The number of hydrogen-bond donors (Lipinski definition) is 2. The Balaban J connectivity index is 1.67. The van der Waals surface area contributed by atoms with Crippen LogP contribution in [0.3, 0.4) is 0 Å². The molecule has 0 spiro atoms. The van der Waals surface area contributed by atoms with Gasteiger partial charge in [0.15, 0.2) is 5.78 Å². The molecule has 24 heavy (non-hydrogen) atoms. The molecule has 6 nitrogen and oxygen atoms in total. The molecular formula is C18H22N4O2. The van der Waals surface area contributed by atoms with Gasteiger partial charge in [0.2, 0.25) is 0 Å². The first kappa shape index (κ1) is 16.4. The van der Waals surface area contributed by atoms with Gasteiger partial charge in [-0.05, 0) is 51.0 Å². The largest absolute Gasteiger partial charge is 0.376 e. The number of anilines is 3. The third-order valence-corrected chi connectivity index (χ3v) is 3.94. The van der Waals surface area contributed by atoms with E-state index < -0.39 is 0 Å². The summed E-state index contributed by atoms with van der Waals surface area (Å²) in [4.78, 5) is 20.1. The van der Waals surface area contributed by atoms with Crippen molar-refractivity contribution in [2.75, 3.05) is 23.8 Å². The molecule has 1 fully saturated rings. The van der Waals surface area contributed by atoms with Crippen molar-refractivity contribution in [2.45, 2.75) is 32.8 Å². The molecule has 1 atom stereocenters. The van der Waals surface area contributed by atoms with E-state index in [4.69, 9.17) is 4.74 Å². The number of ether oxygens (including phenoxy) is 1. The van der Waals surface area contributed by atoms with Crippen LogP contribution < -0.4 is 10.6 Å². The smallest absolute Gasteiger partial charge is 0.159 e. The average Bonchev–Trinajstić information content (AvgIpc) is 3.06. The topological polar surface area (TPSA) is 76.1 Å². The maximum Gasteiger partial charge on any atom is 0.159 e. The first-order valence-corrected chi connectivity index (χ1v) is 8.19. The molecule has 1 unspecified atom stereocenters. The van der Waals surface area contributed by atoms with Crippen LogP contribution in [0.2, 0.25) is 0 Å². The van der Waals surface area contributed by atoms with Gasteiger partial charge in [0.1, 0.15) is 17.5 Å². The van der Waals surface area contributed by atoms with Gasteiger partial charge < -0.3 is 15.4 Å². The molecule has 2 heterocycles. The van der Waals surface area contributed by atoms with Crippen LogP contribution in [-0.2, 0) is 4.74 Å². The van der Waals surface area contributed by atoms with Crippen LogP contribution >= 0.6 is 0 Å². The van der Waals surface area contributed by atoms with Crippen LogP contribution in [0.4, 0.5) is 17.3 Å². The molecule has 0 amide bonds. The molecule has 1 saturated heterocycles. The summed E-state index contributed by atoms with van der Waals surface area (Å²) in [6.45, 7) is 5.02. The minimum Gasteiger partial charge on any atom is -0.376 e. The van der Waals surface area contributed by atoms with Gasteiger partial charge >= 0.3 is 0 Å². The van der Waals surface area contributed by atoms with E-state index in [0.717, 1.165) is 37.5 Å². The van der Waals surface area contributed by atoms with E-state index in [1.807, 2.05) is 25.1 Å². The van der Waals surface area contributed by atoms with Crippen molar-refractivity contribution in [1.82, 2.24) is 9.97 Å². The van der Waals surface area contributed by atoms with E-state index in [0.29, 0.717) is 17.2 Å². The molecule has 0 bridgehead atoms. The van der Waals surface area contributed by atoms with Crippen LogP contribution in [0.15, 0.2) is 30.3 Å². The van der Waals surface area contributed by atoms with Gasteiger partial charge in [-0.3, -0.25) is 4.79 Å². The van der Waals surface area contributed by atoms with E-state index in [1.165, 1.54) is 0 Å². The number of carbonyl (C=O) groups excluding carboxylic acids is 1. The average molecular weight is 326 g/mol. The Kier molecular flexibility index (Phi) is 5.05. The molecule has 6 heteroatoms. The number of rotatable bonds is 6. The monoisotopic (exact) mass is 326 g/mol. The zero-order valence-corrected chi connectivity index (χ0v) is 14.0. The predicted octanol–water partition coefficient (Wildman–Crippen LogP) is 3.32. The first-order chi connectivity index (χ1) is 11.6. The highest BCUT2D eigenvalue weighted by molar-refractivity contribution is 5.94. The maximum absolute atomic E-state index is 11.3. The summed E-state index contributed by atoms with van der Waals surface area (Å²) in [5.74, 6) is 2.24. The van der Waals surface area contributed by atoms with Gasteiger partial charge in [0, 0.05) is 30.5 Å². The lowest BCUT2D eigenvalue weighted by atomic mass is 10.1. The highest BCUT2D eigenvalue weighted by Gasteiger charge is 2.15. The van der Waals surface area contributed by atoms with Crippen molar-refractivity contribution in [2.24, 2.45) is 0 Å². The summed E-state index contributed by atoms with van der Waals surface area (Å²) in [5, 5.41) is 6.56. The molecule has 3 rings (SSSR count). The van der Waals surface area contributed by atoms with Crippen molar-refractivity contribution in [3.8, 4) is 0 Å². The number of aryl methyl sites for hydroxylation is 1. The van der Waals surface area contributed by atoms with Crippen LogP contribution in [0.1, 0.15) is 35.9 Å². The zero-order valence-electron chi connectivity index (χ0n) is 14.0. The SMILES string of the molecule is CC(=O)c1ccc(Nc2cc(NCC3CCCO3)nc(C)n2)cc1. The second-order valence-corrected chi connectivity index (χ2v) is 5.96. The van der Waals surface area contributed by atoms with E-state index in [1.54, 1.807) is 19.1 Å². The van der Waals surface area contributed by atoms with Gasteiger partial charge in [-0.1, -0.05) is 0 Å². The highest BCUT2D eigenvalue weighted by Crippen LogP contribution is 2.19. The standard InChI is InChI=1S/C18H22N4O2/c1-12(23)14-5-7-15(8-6-14)22-18-10-17(20-13(2)21-18)19-11-16-4-3-9-24-16/h5-8,10,16H,3-4,9,11H2,1-2H3,(H2,19,20,21,22). The minimum absolute atomic E-state index is 0.0556. The summed E-state index contributed by atoms with van der Waals surface area (Å²) in [6, 6.07) is 9.22. The van der Waals surface area contributed by atoms with E-state index >= 15 is 0 Å². The van der Waals surface area contributed by atoms with Crippen molar-refractivity contribution < 1.29 is 9.53 Å². The predicted molar refractivity (Wildman–Crippen MR) is 94.0 cm³/mol. The van der Waals surface area contributed by atoms with E-state index in [2.05, 4.69) is 20.6 Å². The normalized spacial score (nSPS) is 16.8. The second kappa shape index (κ2) is 7.40. The Labute approximate surface area is 141 Å². The molecule has 1 aliphatic heterocycles. The Morgan fingerprint density at radius 1 is 1.25 bits per heavy atom. The van der Waals surface area contributed by atoms with Crippen molar-refractivity contribution in [3.05, 3.63) is 41.7 Å². The van der Waals surface area contributed by atoms with Crippen LogP contribution in [0, 0.1) is 6.92 Å². The lowest BCUT2D eigenvalue weighted by Gasteiger charge is -2.13. The highest BCUT2D eigenvalue weighted by atomic mass is 16.5. The molecule has 1 aliphatic rings. The molecule has 126 valence electrons. The fourth-order valence-electron chi connectivity index (χ4n) is 2.68. The van der Waals surface area contributed by atoms with E-state index in [9.17, 15) is 4.79 Å². The minimum atomic E-state index is 0.0556. The number of ketones is 1. The molecule has 0 aliphatic carbocycles. The third-order valence-electron chi connectivity index (χ3n) is 3.94. The number of nitrogens with zero attached hydrogens (tertiary/aromatic N) is 2. The van der Waals surface area contributed by atoms with Gasteiger partial charge in [-0.15, -0.1) is 0 Å². The Morgan fingerprint density at radius 3 is 2.67 bits per heavy atom. The molecule has 2 aromatic rings. The lowest BCUT2D eigenvalue weighted by molar-refractivity contribution is 0.101. The Morgan fingerprint density at radius 2 is 2.00 bits per heavy atom. The fourth-order valence-corrected chi connectivity index (χ4v) is 2.68. The number of benzene rings is 1. The number of nitrogens with one attached hydrogen (secondary N) is 2. The van der Waals surface area contributed by atoms with Gasteiger partial charge in [0.25, 0.3) is 0 Å². The molecular weight excluding hydrogens is 304 g/mol. The number of carbonyl (C=O) groups is 1. The number of Topliss-reactive ketones (excluding diaryl/α,β-unsaturated/α-hetero) is 1. The van der Waals surface area contributed by atoms with Crippen molar-refractivity contribution >= 4 is 23.1 Å². The van der Waals surface area contributed by atoms with Crippen molar-refractivity contribution in [3.63, 3.8) is 0 Å². The third kappa shape index (κ3) is 4.29. The Hall–Kier alpha value is -2.47. The summed E-state index contributed by atoms with van der Waals surface area (Å²) in [7, 11) is 0. The summed E-state index contributed by atoms with van der Waals surface area (Å²) in [6.07, 6.45) is 2.47. The van der Waals surface area contributed by atoms with Crippen LogP contribution in [0.25, 0.3) is 0 Å². The Bertz CT molecular complexity index is 709. The van der Waals surface area contributed by atoms with Crippen LogP contribution in [-0.4, -0.2) is 35.0 Å². The van der Waals surface area contributed by atoms with E-state index in [-0.39, 0.29) is 11.9 Å². The fraction of sp³-hybridized carbons (Fsp3) is 0.389. The maximum atomic E-state index is 11.3. The molecule has 0 radical (unpaired) electrons. The summed E-state index contributed by atoms with van der Waals surface area (Å²) < 4.78 is 5.61. The van der Waals surface area contributed by atoms with Crippen molar-refractivity contribution in [1.29, 1.82) is 0 Å².